The molecule has 0 amide bonds. The smallest absolute Gasteiger partial charge is 0.125 e. The van der Waals surface area contributed by atoms with Gasteiger partial charge in [0.05, 0.1) is 11.7 Å². The summed E-state index contributed by atoms with van der Waals surface area (Å²) in [5.74, 6) is 1.05. The Labute approximate surface area is 101 Å². The molecule has 0 aliphatic heterocycles. The molecule has 0 fully saturated rings. The predicted molar refractivity (Wildman–Crippen MR) is 66.4 cm³/mol. The largest absolute Gasteiger partial charge is 0.337 e. The van der Waals surface area contributed by atoms with Crippen molar-refractivity contribution in [1.82, 2.24) is 24.6 Å². The van der Waals surface area contributed by atoms with Gasteiger partial charge in [-0.1, -0.05) is 0 Å². The number of nitrogens with one attached hydrogen (secondary N) is 1. The van der Waals surface area contributed by atoms with Crippen LogP contribution in [0.3, 0.4) is 0 Å². The number of imidazole rings is 1. The maximum atomic E-state index is 4.34. The van der Waals surface area contributed by atoms with Gasteiger partial charge in [0.1, 0.15) is 5.82 Å². The molecule has 17 heavy (non-hydrogen) atoms. The summed E-state index contributed by atoms with van der Waals surface area (Å²) in [6.07, 6.45) is 5.83. The van der Waals surface area contributed by atoms with Crippen molar-refractivity contribution in [2.24, 2.45) is 14.1 Å². The van der Waals surface area contributed by atoms with Crippen molar-refractivity contribution in [3.05, 3.63) is 35.7 Å². The van der Waals surface area contributed by atoms with E-state index in [2.05, 4.69) is 22.3 Å². The van der Waals surface area contributed by atoms with Gasteiger partial charge in [-0.25, -0.2) is 4.98 Å². The summed E-state index contributed by atoms with van der Waals surface area (Å²) in [4.78, 5) is 4.34. The highest BCUT2D eigenvalue weighted by molar-refractivity contribution is 5.15. The number of hydrogen-bond acceptors (Lipinski definition) is 3. The molecular formula is C12H19N5. The summed E-state index contributed by atoms with van der Waals surface area (Å²) in [7, 11) is 3.95. The molecule has 2 rings (SSSR count). The minimum atomic E-state index is 0.231. The molecule has 2 aromatic heterocycles. The summed E-state index contributed by atoms with van der Waals surface area (Å²) in [6, 6.07) is 0.231. The van der Waals surface area contributed by atoms with Crippen LogP contribution in [0.5, 0.6) is 0 Å². The average Bonchev–Trinajstić information content (AvgIpc) is 2.81. The van der Waals surface area contributed by atoms with Gasteiger partial charge in [-0.2, -0.15) is 5.10 Å². The van der Waals surface area contributed by atoms with E-state index in [9.17, 15) is 0 Å². The Balaban J connectivity index is 1.99. The Hall–Kier alpha value is -1.62. The van der Waals surface area contributed by atoms with Crippen LogP contribution in [0.2, 0.25) is 0 Å². The first kappa shape index (κ1) is 11.9. The van der Waals surface area contributed by atoms with Gasteiger partial charge in [0, 0.05) is 44.8 Å². The van der Waals surface area contributed by atoms with E-state index in [1.807, 2.05) is 48.9 Å². The molecule has 0 aromatic carbocycles. The molecule has 0 bridgehead atoms. The van der Waals surface area contributed by atoms with Crippen LogP contribution in [-0.2, 0) is 20.6 Å². The standard InChI is InChI=1S/C12H19N5/c1-9-11(8-17(4)15-9)7-14-10(2)12-13-5-6-16(12)3/h5-6,8,10,14H,7H2,1-4H3. The summed E-state index contributed by atoms with van der Waals surface area (Å²) in [6.45, 7) is 4.96. The molecule has 92 valence electrons. The fourth-order valence-electron chi connectivity index (χ4n) is 1.97. The summed E-state index contributed by atoms with van der Waals surface area (Å²) in [5.41, 5.74) is 2.31. The zero-order chi connectivity index (χ0) is 12.4. The quantitative estimate of drug-likeness (QED) is 0.866. The third kappa shape index (κ3) is 2.55. The van der Waals surface area contributed by atoms with Crippen LogP contribution < -0.4 is 5.32 Å². The van der Waals surface area contributed by atoms with Gasteiger partial charge in [-0.3, -0.25) is 4.68 Å². The lowest BCUT2D eigenvalue weighted by Gasteiger charge is -2.13. The summed E-state index contributed by atoms with van der Waals surface area (Å²) >= 11 is 0. The van der Waals surface area contributed by atoms with Crippen molar-refractivity contribution in [1.29, 1.82) is 0 Å². The first-order valence-corrected chi connectivity index (χ1v) is 5.77. The van der Waals surface area contributed by atoms with Crippen LogP contribution in [0, 0.1) is 6.92 Å². The Bertz CT molecular complexity index is 497. The van der Waals surface area contributed by atoms with Crippen molar-refractivity contribution in [2.75, 3.05) is 0 Å². The molecular weight excluding hydrogens is 214 g/mol. The molecule has 0 saturated carbocycles. The molecule has 0 radical (unpaired) electrons. The first-order chi connectivity index (χ1) is 8.08. The highest BCUT2D eigenvalue weighted by Gasteiger charge is 2.10. The maximum Gasteiger partial charge on any atom is 0.125 e. The van der Waals surface area contributed by atoms with E-state index in [0.717, 1.165) is 18.1 Å². The Morgan fingerprint density at radius 3 is 2.71 bits per heavy atom. The van der Waals surface area contributed by atoms with Gasteiger partial charge in [-0.05, 0) is 13.8 Å². The minimum absolute atomic E-state index is 0.231. The Morgan fingerprint density at radius 2 is 2.18 bits per heavy atom. The number of hydrogen-bond donors (Lipinski definition) is 1. The molecule has 0 aliphatic carbocycles. The minimum Gasteiger partial charge on any atom is -0.337 e. The normalized spacial score (nSPS) is 12.9. The van der Waals surface area contributed by atoms with Crippen LogP contribution in [0.1, 0.15) is 30.0 Å². The SMILES string of the molecule is Cc1nn(C)cc1CNC(C)c1nccn1C. The highest BCUT2D eigenvalue weighted by atomic mass is 15.3. The summed E-state index contributed by atoms with van der Waals surface area (Å²) in [5, 5.41) is 7.78. The highest BCUT2D eigenvalue weighted by Crippen LogP contribution is 2.11. The molecule has 2 aromatic rings. The molecule has 1 unspecified atom stereocenters. The average molecular weight is 233 g/mol. The van der Waals surface area contributed by atoms with Crippen LogP contribution in [0.4, 0.5) is 0 Å². The Morgan fingerprint density at radius 1 is 1.41 bits per heavy atom. The van der Waals surface area contributed by atoms with Crippen molar-refractivity contribution in [3.63, 3.8) is 0 Å². The van der Waals surface area contributed by atoms with Crippen molar-refractivity contribution in [2.45, 2.75) is 26.4 Å². The fourth-order valence-corrected chi connectivity index (χ4v) is 1.97. The zero-order valence-corrected chi connectivity index (χ0v) is 10.8. The number of aromatic nitrogens is 4. The number of aryl methyl sites for hydroxylation is 3. The van der Waals surface area contributed by atoms with E-state index in [-0.39, 0.29) is 6.04 Å². The van der Waals surface area contributed by atoms with Crippen molar-refractivity contribution < 1.29 is 0 Å². The molecule has 1 N–H and O–H groups in total. The lowest BCUT2D eigenvalue weighted by Crippen LogP contribution is -2.21. The van der Waals surface area contributed by atoms with E-state index in [1.165, 1.54) is 5.56 Å². The third-order valence-corrected chi connectivity index (χ3v) is 2.96. The predicted octanol–water partition coefficient (Wildman–Crippen LogP) is 1.31. The molecule has 0 saturated heterocycles. The zero-order valence-electron chi connectivity index (χ0n) is 10.8. The molecule has 5 nitrogen and oxygen atoms in total. The molecule has 0 aliphatic rings. The molecule has 0 spiro atoms. The lowest BCUT2D eigenvalue weighted by molar-refractivity contribution is 0.529. The maximum absolute atomic E-state index is 4.34. The van der Waals surface area contributed by atoms with Gasteiger partial charge in [0.25, 0.3) is 0 Å². The Kier molecular flexibility index (Phi) is 3.28. The number of nitrogens with zero attached hydrogens (tertiary/aromatic N) is 4. The fraction of sp³-hybridized carbons (Fsp3) is 0.500. The van der Waals surface area contributed by atoms with Gasteiger partial charge in [-0.15, -0.1) is 0 Å². The van der Waals surface area contributed by atoms with Gasteiger partial charge in [0.15, 0.2) is 0 Å². The number of rotatable bonds is 4. The first-order valence-electron chi connectivity index (χ1n) is 5.77. The second kappa shape index (κ2) is 4.71. The van der Waals surface area contributed by atoms with E-state index in [1.54, 1.807) is 0 Å². The van der Waals surface area contributed by atoms with Crippen LogP contribution >= 0.6 is 0 Å². The van der Waals surface area contributed by atoms with Gasteiger partial charge in [0.2, 0.25) is 0 Å². The second-order valence-electron chi connectivity index (χ2n) is 4.41. The molecule has 5 heteroatoms. The van der Waals surface area contributed by atoms with Crippen molar-refractivity contribution in [3.8, 4) is 0 Å². The second-order valence-corrected chi connectivity index (χ2v) is 4.41. The van der Waals surface area contributed by atoms with Gasteiger partial charge < -0.3 is 9.88 Å². The topological polar surface area (TPSA) is 47.7 Å². The summed E-state index contributed by atoms with van der Waals surface area (Å²) < 4.78 is 3.88. The van der Waals surface area contributed by atoms with Crippen LogP contribution in [-0.4, -0.2) is 19.3 Å². The van der Waals surface area contributed by atoms with E-state index in [0.29, 0.717) is 0 Å². The third-order valence-electron chi connectivity index (χ3n) is 2.96. The van der Waals surface area contributed by atoms with E-state index in [4.69, 9.17) is 0 Å². The lowest BCUT2D eigenvalue weighted by atomic mass is 10.2. The van der Waals surface area contributed by atoms with Gasteiger partial charge >= 0.3 is 0 Å². The van der Waals surface area contributed by atoms with E-state index < -0.39 is 0 Å². The molecule has 1 atom stereocenters. The van der Waals surface area contributed by atoms with Crippen molar-refractivity contribution >= 4 is 0 Å². The van der Waals surface area contributed by atoms with Crippen LogP contribution in [0.25, 0.3) is 0 Å². The van der Waals surface area contributed by atoms with E-state index >= 15 is 0 Å². The van der Waals surface area contributed by atoms with Crippen LogP contribution in [0.15, 0.2) is 18.6 Å². The monoisotopic (exact) mass is 233 g/mol. The molecule has 2 heterocycles.